The lowest BCUT2D eigenvalue weighted by molar-refractivity contribution is -0.0504. The molecule has 0 bridgehead atoms. The number of nitrogens with one attached hydrogen (secondary N) is 2. The summed E-state index contributed by atoms with van der Waals surface area (Å²) >= 11 is 0. The SMILES string of the molecule is C[C@@H]1CC(NC(=O)NCCc2ccccc2OC(F)F)C[C@@H](C)O1. The first-order chi connectivity index (χ1) is 11.4. The van der Waals surface area contributed by atoms with Gasteiger partial charge in [0.05, 0.1) is 12.2 Å². The molecule has 5 nitrogen and oxygen atoms in total. The molecule has 24 heavy (non-hydrogen) atoms. The third-order valence-corrected chi connectivity index (χ3v) is 3.90. The van der Waals surface area contributed by atoms with Gasteiger partial charge in [-0.25, -0.2) is 4.79 Å². The van der Waals surface area contributed by atoms with E-state index in [2.05, 4.69) is 15.4 Å². The Morgan fingerprint density at radius 3 is 2.62 bits per heavy atom. The second-order valence-corrected chi connectivity index (χ2v) is 6.06. The van der Waals surface area contributed by atoms with E-state index in [1.54, 1.807) is 18.2 Å². The van der Waals surface area contributed by atoms with Gasteiger partial charge >= 0.3 is 12.6 Å². The summed E-state index contributed by atoms with van der Waals surface area (Å²) in [5.74, 6) is 0.141. The number of halogens is 2. The zero-order valence-electron chi connectivity index (χ0n) is 13.9. The van der Waals surface area contributed by atoms with E-state index in [1.807, 2.05) is 13.8 Å². The molecule has 1 aromatic rings. The van der Waals surface area contributed by atoms with Crippen molar-refractivity contribution in [2.45, 2.75) is 58.0 Å². The Morgan fingerprint density at radius 1 is 1.29 bits per heavy atom. The number of carbonyl (C=O) groups is 1. The Labute approximate surface area is 140 Å². The third kappa shape index (κ3) is 5.96. The number of para-hydroxylation sites is 1. The van der Waals surface area contributed by atoms with E-state index in [1.165, 1.54) is 6.07 Å². The molecule has 0 spiro atoms. The molecule has 1 heterocycles. The van der Waals surface area contributed by atoms with Gasteiger partial charge in [-0.3, -0.25) is 0 Å². The number of rotatable bonds is 6. The van der Waals surface area contributed by atoms with E-state index >= 15 is 0 Å². The van der Waals surface area contributed by atoms with Crippen LogP contribution in [-0.4, -0.2) is 37.4 Å². The van der Waals surface area contributed by atoms with Gasteiger partial charge in [-0.15, -0.1) is 0 Å². The molecule has 1 saturated heterocycles. The first kappa shape index (κ1) is 18.4. The maximum atomic E-state index is 12.4. The molecule has 2 rings (SSSR count). The minimum absolute atomic E-state index is 0.0817. The van der Waals surface area contributed by atoms with Crippen LogP contribution < -0.4 is 15.4 Å². The van der Waals surface area contributed by atoms with Crippen LogP contribution in [0.2, 0.25) is 0 Å². The summed E-state index contributed by atoms with van der Waals surface area (Å²) in [5, 5.41) is 5.69. The summed E-state index contributed by atoms with van der Waals surface area (Å²) in [7, 11) is 0. The standard InChI is InChI=1S/C17H24F2N2O3/c1-11-9-14(10-12(2)23-11)21-17(22)20-8-7-13-5-3-4-6-15(13)24-16(18)19/h3-6,11-12,14,16H,7-10H2,1-2H3,(H2,20,21,22)/t11-,12-/m1/s1. The lowest BCUT2D eigenvalue weighted by Gasteiger charge is -2.32. The fraction of sp³-hybridized carbons (Fsp3) is 0.588. The summed E-state index contributed by atoms with van der Waals surface area (Å²) < 4.78 is 34.8. The van der Waals surface area contributed by atoms with Crippen molar-refractivity contribution in [1.29, 1.82) is 0 Å². The quantitative estimate of drug-likeness (QED) is 0.835. The Morgan fingerprint density at radius 2 is 1.96 bits per heavy atom. The van der Waals surface area contributed by atoms with Gasteiger partial charge < -0.3 is 20.1 Å². The van der Waals surface area contributed by atoms with Crippen molar-refractivity contribution in [2.24, 2.45) is 0 Å². The number of carbonyl (C=O) groups excluding carboxylic acids is 1. The summed E-state index contributed by atoms with van der Waals surface area (Å²) in [4.78, 5) is 12.0. The molecule has 1 aromatic carbocycles. The van der Waals surface area contributed by atoms with Gasteiger partial charge in [0.2, 0.25) is 0 Å². The molecular weight excluding hydrogens is 318 g/mol. The molecule has 1 aliphatic heterocycles. The van der Waals surface area contributed by atoms with Crippen molar-refractivity contribution >= 4 is 6.03 Å². The van der Waals surface area contributed by atoms with Crippen molar-refractivity contribution in [3.63, 3.8) is 0 Å². The molecule has 0 aliphatic carbocycles. The lowest BCUT2D eigenvalue weighted by Crippen LogP contribution is -2.47. The number of ether oxygens (including phenoxy) is 2. The number of hydrogen-bond donors (Lipinski definition) is 2. The van der Waals surface area contributed by atoms with Crippen LogP contribution in [0.1, 0.15) is 32.3 Å². The topological polar surface area (TPSA) is 59.6 Å². The molecule has 2 atom stereocenters. The molecule has 134 valence electrons. The molecule has 1 fully saturated rings. The smallest absolute Gasteiger partial charge is 0.387 e. The molecule has 0 aromatic heterocycles. The summed E-state index contributed by atoms with van der Waals surface area (Å²) in [6.45, 7) is 1.45. The highest BCUT2D eigenvalue weighted by molar-refractivity contribution is 5.74. The highest BCUT2D eigenvalue weighted by Crippen LogP contribution is 2.21. The maximum absolute atomic E-state index is 12.4. The van der Waals surface area contributed by atoms with Crippen LogP contribution >= 0.6 is 0 Å². The zero-order valence-corrected chi connectivity index (χ0v) is 13.9. The lowest BCUT2D eigenvalue weighted by atomic mass is 10.0. The summed E-state index contributed by atoms with van der Waals surface area (Å²) in [5.41, 5.74) is 0.631. The van der Waals surface area contributed by atoms with E-state index in [9.17, 15) is 13.6 Å². The second kappa shape index (κ2) is 8.82. The minimum Gasteiger partial charge on any atom is -0.435 e. The van der Waals surface area contributed by atoms with Gasteiger partial charge in [0.25, 0.3) is 0 Å². The van der Waals surface area contributed by atoms with Crippen LogP contribution in [-0.2, 0) is 11.2 Å². The number of benzene rings is 1. The van der Waals surface area contributed by atoms with Crippen LogP contribution in [0.3, 0.4) is 0 Å². The van der Waals surface area contributed by atoms with E-state index in [0.29, 0.717) is 18.5 Å². The highest BCUT2D eigenvalue weighted by atomic mass is 19.3. The fourth-order valence-electron chi connectivity index (χ4n) is 2.99. The van der Waals surface area contributed by atoms with Crippen LogP contribution in [0.4, 0.5) is 13.6 Å². The molecule has 0 unspecified atom stereocenters. The van der Waals surface area contributed by atoms with E-state index in [0.717, 1.165) is 12.8 Å². The van der Waals surface area contributed by atoms with Crippen LogP contribution in [0.5, 0.6) is 5.75 Å². The Bertz CT molecular complexity index is 532. The molecule has 0 saturated carbocycles. The van der Waals surface area contributed by atoms with Gasteiger partial charge in [-0.2, -0.15) is 8.78 Å². The van der Waals surface area contributed by atoms with Gasteiger partial charge in [0.15, 0.2) is 0 Å². The first-order valence-corrected chi connectivity index (χ1v) is 8.16. The van der Waals surface area contributed by atoms with Crippen molar-refractivity contribution in [2.75, 3.05) is 6.54 Å². The molecule has 1 aliphatic rings. The van der Waals surface area contributed by atoms with Crippen LogP contribution in [0.15, 0.2) is 24.3 Å². The number of hydrogen-bond acceptors (Lipinski definition) is 3. The minimum atomic E-state index is -2.86. The number of amides is 2. The van der Waals surface area contributed by atoms with Crippen LogP contribution in [0.25, 0.3) is 0 Å². The van der Waals surface area contributed by atoms with E-state index in [4.69, 9.17) is 4.74 Å². The van der Waals surface area contributed by atoms with Gasteiger partial charge in [-0.05, 0) is 44.7 Å². The normalized spacial score (nSPS) is 23.8. The first-order valence-electron chi connectivity index (χ1n) is 8.16. The maximum Gasteiger partial charge on any atom is 0.387 e. The van der Waals surface area contributed by atoms with Crippen molar-refractivity contribution in [3.8, 4) is 5.75 Å². The van der Waals surface area contributed by atoms with Gasteiger partial charge in [0, 0.05) is 12.6 Å². The Kier molecular flexibility index (Phi) is 6.78. The molecule has 2 N–H and O–H groups in total. The largest absolute Gasteiger partial charge is 0.435 e. The second-order valence-electron chi connectivity index (χ2n) is 6.06. The molecule has 0 radical (unpaired) electrons. The average molecular weight is 342 g/mol. The summed E-state index contributed by atoms with van der Waals surface area (Å²) in [6, 6.07) is 6.41. The van der Waals surface area contributed by atoms with Crippen molar-refractivity contribution in [1.82, 2.24) is 10.6 Å². The fourth-order valence-corrected chi connectivity index (χ4v) is 2.99. The molecular formula is C17H24F2N2O3. The summed E-state index contributed by atoms with van der Waals surface area (Å²) in [6.07, 6.45) is 2.22. The van der Waals surface area contributed by atoms with Crippen LogP contribution in [0, 0.1) is 0 Å². The average Bonchev–Trinajstić information content (AvgIpc) is 2.47. The van der Waals surface area contributed by atoms with Crippen molar-refractivity contribution in [3.05, 3.63) is 29.8 Å². The monoisotopic (exact) mass is 342 g/mol. The predicted octanol–water partition coefficient (Wildman–Crippen LogP) is 3.09. The zero-order chi connectivity index (χ0) is 17.5. The molecule has 7 heteroatoms. The predicted molar refractivity (Wildman–Crippen MR) is 86.3 cm³/mol. The number of urea groups is 1. The number of alkyl halides is 2. The molecule has 2 amide bonds. The van der Waals surface area contributed by atoms with Crippen molar-refractivity contribution < 1.29 is 23.0 Å². The van der Waals surface area contributed by atoms with E-state index in [-0.39, 0.29) is 30.0 Å². The highest BCUT2D eigenvalue weighted by Gasteiger charge is 2.25. The van der Waals surface area contributed by atoms with E-state index < -0.39 is 6.61 Å². The Hall–Kier alpha value is -1.89. The van der Waals surface area contributed by atoms with Gasteiger partial charge in [-0.1, -0.05) is 18.2 Å². The van der Waals surface area contributed by atoms with Gasteiger partial charge in [0.1, 0.15) is 5.75 Å². The Balaban J connectivity index is 1.77. The third-order valence-electron chi connectivity index (χ3n) is 3.90.